The monoisotopic (exact) mass is 462 g/mol. The van der Waals surface area contributed by atoms with Crippen molar-refractivity contribution < 1.29 is 9.47 Å². The van der Waals surface area contributed by atoms with Gasteiger partial charge in [-0.15, -0.1) is 0 Å². The van der Waals surface area contributed by atoms with E-state index in [1.165, 1.54) is 42.8 Å². The molecular formula is C28H38N4O2. The van der Waals surface area contributed by atoms with Crippen molar-refractivity contribution in [2.75, 3.05) is 72.9 Å². The van der Waals surface area contributed by atoms with Crippen molar-refractivity contribution in [2.24, 2.45) is 5.41 Å². The molecule has 0 aliphatic carbocycles. The minimum atomic E-state index is 0.105. The van der Waals surface area contributed by atoms with Crippen LogP contribution in [0.4, 0.5) is 5.69 Å². The summed E-state index contributed by atoms with van der Waals surface area (Å²) in [6.07, 6.45) is 4.99. The number of benzene rings is 2. The van der Waals surface area contributed by atoms with Crippen molar-refractivity contribution in [2.45, 2.75) is 18.9 Å². The fourth-order valence-electron chi connectivity index (χ4n) is 5.66. The number of nitrogens with zero attached hydrogens (tertiary/aromatic N) is 3. The Kier molecular flexibility index (Phi) is 6.45. The van der Waals surface area contributed by atoms with Gasteiger partial charge >= 0.3 is 0 Å². The lowest BCUT2D eigenvalue weighted by Gasteiger charge is -2.33. The van der Waals surface area contributed by atoms with E-state index in [-0.39, 0.29) is 6.04 Å². The molecule has 0 saturated carbocycles. The van der Waals surface area contributed by atoms with Gasteiger partial charge in [-0.2, -0.15) is 0 Å². The molecule has 1 N–H and O–H groups in total. The molecule has 2 atom stereocenters. The number of likely N-dealkylation sites (tertiary alicyclic amines) is 2. The quantitative estimate of drug-likeness (QED) is 0.666. The standard InChI is InChI=1S/C28H38N4O2/c1-30(2)15-16-34-22-7-5-21(6-8-22)25-18-27(24-10-9-23(33-4)17-26(24)29-25)32-14-12-28(20-32)11-13-31(3)19-28/h5-10,17-18,25,29H,11-16,19-20H2,1-4H3. The summed E-state index contributed by atoms with van der Waals surface area (Å²) in [7, 11) is 8.11. The van der Waals surface area contributed by atoms with Gasteiger partial charge in [0, 0.05) is 54.6 Å². The van der Waals surface area contributed by atoms with Gasteiger partial charge < -0.3 is 29.5 Å². The first-order valence-electron chi connectivity index (χ1n) is 12.4. The van der Waals surface area contributed by atoms with E-state index >= 15 is 0 Å². The number of nitrogens with one attached hydrogen (secondary N) is 1. The third kappa shape index (κ3) is 4.75. The number of methoxy groups -OCH3 is 1. The Morgan fingerprint density at radius 3 is 2.50 bits per heavy atom. The van der Waals surface area contributed by atoms with Crippen molar-refractivity contribution in [1.29, 1.82) is 0 Å². The molecule has 0 bridgehead atoms. The maximum Gasteiger partial charge on any atom is 0.120 e. The summed E-state index contributed by atoms with van der Waals surface area (Å²) in [5, 5.41) is 3.75. The van der Waals surface area contributed by atoms with Crippen LogP contribution in [0.1, 0.15) is 30.0 Å². The van der Waals surface area contributed by atoms with Gasteiger partial charge in [-0.3, -0.25) is 0 Å². The number of fused-ring (bicyclic) bond motifs is 1. The van der Waals surface area contributed by atoms with Crippen molar-refractivity contribution in [3.63, 3.8) is 0 Å². The molecular weight excluding hydrogens is 424 g/mol. The molecule has 6 heteroatoms. The Hall–Kier alpha value is -2.70. The van der Waals surface area contributed by atoms with E-state index in [9.17, 15) is 0 Å². The van der Waals surface area contributed by atoms with Gasteiger partial charge in [0.15, 0.2) is 0 Å². The fourth-order valence-corrected chi connectivity index (χ4v) is 5.66. The summed E-state index contributed by atoms with van der Waals surface area (Å²) in [6, 6.07) is 15.0. The molecule has 0 aromatic heterocycles. The summed E-state index contributed by atoms with van der Waals surface area (Å²) in [5.41, 5.74) is 5.43. The van der Waals surface area contributed by atoms with Crippen LogP contribution in [-0.4, -0.2) is 82.3 Å². The van der Waals surface area contributed by atoms with Crippen LogP contribution < -0.4 is 14.8 Å². The van der Waals surface area contributed by atoms with E-state index in [1.54, 1.807) is 7.11 Å². The van der Waals surface area contributed by atoms with Gasteiger partial charge in [0.2, 0.25) is 0 Å². The van der Waals surface area contributed by atoms with Crippen LogP contribution in [0.5, 0.6) is 11.5 Å². The van der Waals surface area contributed by atoms with E-state index in [1.807, 2.05) is 0 Å². The number of likely N-dealkylation sites (N-methyl/N-ethyl adjacent to an activating group) is 1. The minimum Gasteiger partial charge on any atom is -0.497 e. The van der Waals surface area contributed by atoms with Gasteiger partial charge in [-0.25, -0.2) is 0 Å². The van der Waals surface area contributed by atoms with Gasteiger partial charge in [0.25, 0.3) is 0 Å². The van der Waals surface area contributed by atoms with Crippen molar-refractivity contribution in [3.8, 4) is 11.5 Å². The van der Waals surface area contributed by atoms with Gasteiger partial charge in [-0.1, -0.05) is 12.1 Å². The molecule has 6 nitrogen and oxygen atoms in total. The van der Waals surface area contributed by atoms with Crippen molar-refractivity contribution in [3.05, 3.63) is 59.7 Å². The highest BCUT2D eigenvalue weighted by molar-refractivity contribution is 5.80. The minimum absolute atomic E-state index is 0.105. The molecule has 3 aliphatic heterocycles. The molecule has 2 aromatic carbocycles. The second-order valence-electron chi connectivity index (χ2n) is 10.5. The van der Waals surface area contributed by atoms with Gasteiger partial charge in [0.05, 0.1) is 13.2 Å². The van der Waals surface area contributed by atoms with Crippen LogP contribution in [0.2, 0.25) is 0 Å². The Labute approximate surface area is 204 Å². The lowest BCUT2D eigenvalue weighted by atomic mass is 9.86. The molecule has 2 aromatic rings. The topological polar surface area (TPSA) is 40.2 Å². The summed E-state index contributed by atoms with van der Waals surface area (Å²) >= 11 is 0. The predicted octanol–water partition coefficient (Wildman–Crippen LogP) is 4.17. The molecule has 0 radical (unpaired) electrons. The predicted molar refractivity (Wildman–Crippen MR) is 139 cm³/mol. The average Bonchev–Trinajstić information content (AvgIpc) is 3.43. The van der Waals surface area contributed by atoms with Crippen molar-refractivity contribution in [1.82, 2.24) is 14.7 Å². The highest BCUT2D eigenvalue weighted by Crippen LogP contribution is 2.45. The lowest BCUT2D eigenvalue weighted by molar-refractivity contribution is 0.261. The van der Waals surface area contributed by atoms with Crippen LogP contribution in [-0.2, 0) is 0 Å². The zero-order chi connectivity index (χ0) is 23.7. The molecule has 182 valence electrons. The van der Waals surface area contributed by atoms with Crippen LogP contribution >= 0.6 is 0 Å². The molecule has 2 unspecified atom stereocenters. The third-order valence-electron chi connectivity index (χ3n) is 7.59. The maximum atomic E-state index is 5.90. The first kappa shape index (κ1) is 23.1. The Morgan fingerprint density at radius 1 is 1.03 bits per heavy atom. The highest BCUT2D eigenvalue weighted by Gasteiger charge is 2.43. The van der Waals surface area contributed by atoms with Crippen molar-refractivity contribution >= 4 is 11.4 Å². The third-order valence-corrected chi connectivity index (χ3v) is 7.59. The average molecular weight is 463 g/mol. The number of hydrogen-bond acceptors (Lipinski definition) is 6. The summed E-state index contributed by atoms with van der Waals surface area (Å²) in [5.74, 6) is 1.80. The number of anilines is 1. The van der Waals surface area contributed by atoms with E-state index < -0.39 is 0 Å². The number of ether oxygens (including phenoxy) is 2. The Morgan fingerprint density at radius 2 is 1.79 bits per heavy atom. The Balaban J connectivity index is 1.40. The van der Waals surface area contributed by atoms with E-state index in [0.29, 0.717) is 12.0 Å². The summed E-state index contributed by atoms with van der Waals surface area (Å²) < 4.78 is 11.4. The van der Waals surface area contributed by atoms with Crippen LogP contribution in [0.25, 0.3) is 5.70 Å². The second-order valence-corrected chi connectivity index (χ2v) is 10.5. The molecule has 5 rings (SSSR count). The first-order valence-corrected chi connectivity index (χ1v) is 12.4. The zero-order valence-corrected chi connectivity index (χ0v) is 21.0. The molecule has 1 spiro atoms. The first-order chi connectivity index (χ1) is 16.4. The SMILES string of the molecule is COc1ccc2c(c1)NC(c1ccc(OCCN(C)C)cc1)C=C2N1CCC2(CCN(C)C2)C1. The molecule has 0 amide bonds. The maximum absolute atomic E-state index is 5.90. The fraction of sp³-hybridized carbons (Fsp3) is 0.500. The zero-order valence-electron chi connectivity index (χ0n) is 21.0. The summed E-state index contributed by atoms with van der Waals surface area (Å²) in [4.78, 5) is 7.24. The largest absolute Gasteiger partial charge is 0.497 e. The van der Waals surface area contributed by atoms with Crippen LogP contribution in [0, 0.1) is 5.41 Å². The molecule has 34 heavy (non-hydrogen) atoms. The second kappa shape index (κ2) is 9.51. The number of hydrogen-bond donors (Lipinski definition) is 1. The highest BCUT2D eigenvalue weighted by atomic mass is 16.5. The van der Waals surface area contributed by atoms with Gasteiger partial charge in [-0.05, 0) is 76.4 Å². The molecule has 2 saturated heterocycles. The Bertz CT molecular complexity index is 1040. The summed E-state index contributed by atoms with van der Waals surface area (Å²) in [6.45, 7) is 6.29. The number of rotatable bonds is 7. The molecule has 2 fully saturated rings. The van der Waals surface area contributed by atoms with Gasteiger partial charge in [0.1, 0.15) is 18.1 Å². The normalized spacial score (nSPS) is 24.3. The smallest absolute Gasteiger partial charge is 0.120 e. The van der Waals surface area contributed by atoms with E-state index in [0.717, 1.165) is 36.8 Å². The van der Waals surface area contributed by atoms with E-state index in [4.69, 9.17) is 9.47 Å². The lowest BCUT2D eigenvalue weighted by Crippen LogP contribution is -2.30. The van der Waals surface area contributed by atoms with E-state index in [2.05, 4.69) is 89.7 Å². The molecule has 3 heterocycles. The van der Waals surface area contributed by atoms with Crippen LogP contribution in [0.15, 0.2) is 48.5 Å². The molecule has 3 aliphatic rings. The van der Waals surface area contributed by atoms with Crippen LogP contribution in [0.3, 0.4) is 0 Å².